The Labute approximate surface area is 110 Å². The summed E-state index contributed by atoms with van der Waals surface area (Å²) in [6.45, 7) is 2.08. The summed E-state index contributed by atoms with van der Waals surface area (Å²) in [5.41, 5.74) is 2.09. The molecule has 0 saturated heterocycles. The van der Waals surface area contributed by atoms with E-state index in [9.17, 15) is 4.39 Å². The molecule has 0 aliphatic carbocycles. The van der Waals surface area contributed by atoms with Gasteiger partial charge in [-0.1, -0.05) is 29.3 Å². The number of hydrogen-bond acceptors (Lipinski definition) is 2. The van der Waals surface area contributed by atoms with Gasteiger partial charge < -0.3 is 10.1 Å². The normalized spacial score (nSPS) is 13.6. The molecule has 94 valence electrons. The van der Waals surface area contributed by atoms with E-state index in [0.29, 0.717) is 10.8 Å². The number of hydrogen-bond donors (Lipinski definition) is 1. The first kappa shape index (κ1) is 14.3. The molecule has 0 aliphatic rings. The molecule has 1 rings (SSSR count). The van der Waals surface area contributed by atoms with Crippen molar-refractivity contribution < 1.29 is 9.13 Å². The Kier molecular flexibility index (Phi) is 5.75. The fourth-order valence-corrected chi connectivity index (χ4v) is 1.44. The van der Waals surface area contributed by atoms with Crippen molar-refractivity contribution in [2.45, 2.75) is 13.0 Å². The molecule has 0 aliphatic heterocycles. The third-order valence-corrected chi connectivity index (χ3v) is 2.95. The van der Waals surface area contributed by atoms with E-state index >= 15 is 0 Å². The molecule has 1 N–H and O–H groups in total. The SMILES string of the molecule is CNC(C)c1ccc(F)cc1OCC(Cl)=CCl. The van der Waals surface area contributed by atoms with Gasteiger partial charge >= 0.3 is 0 Å². The molecule has 0 amide bonds. The van der Waals surface area contributed by atoms with Crippen molar-refractivity contribution in [3.8, 4) is 5.75 Å². The predicted octanol–water partition coefficient (Wildman–Crippen LogP) is 3.80. The van der Waals surface area contributed by atoms with Gasteiger partial charge in [-0.05, 0) is 20.0 Å². The van der Waals surface area contributed by atoms with Gasteiger partial charge in [0.25, 0.3) is 0 Å². The van der Waals surface area contributed by atoms with Crippen LogP contribution in [-0.2, 0) is 0 Å². The van der Waals surface area contributed by atoms with Crippen molar-refractivity contribution in [2.75, 3.05) is 13.7 Å². The Morgan fingerprint density at radius 2 is 2.29 bits per heavy atom. The number of benzene rings is 1. The Hall–Kier alpha value is -0.770. The van der Waals surface area contributed by atoms with Crippen molar-refractivity contribution in [3.63, 3.8) is 0 Å². The lowest BCUT2D eigenvalue weighted by atomic mass is 10.1. The van der Waals surface area contributed by atoms with Crippen LogP contribution in [0.4, 0.5) is 4.39 Å². The maximum Gasteiger partial charge on any atom is 0.127 e. The minimum absolute atomic E-state index is 0.0596. The van der Waals surface area contributed by atoms with Crippen LogP contribution in [0.25, 0.3) is 0 Å². The van der Waals surface area contributed by atoms with E-state index in [2.05, 4.69) is 5.32 Å². The van der Waals surface area contributed by atoms with Crippen LogP contribution >= 0.6 is 23.2 Å². The summed E-state index contributed by atoms with van der Waals surface area (Å²) in [4.78, 5) is 0. The van der Waals surface area contributed by atoms with E-state index in [-0.39, 0.29) is 18.5 Å². The van der Waals surface area contributed by atoms with E-state index in [1.54, 1.807) is 6.07 Å². The quantitative estimate of drug-likeness (QED) is 0.884. The third-order valence-electron chi connectivity index (χ3n) is 2.36. The highest BCUT2D eigenvalue weighted by atomic mass is 35.5. The Bertz CT molecular complexity index is 409. The van der Waals surface area contributed by atoms with Gasteiger partial charge in [0.05, 0.1) is 5.03 Å². The molecule has 0 spiro atoms. The average molecular weight is 278 g/mol. The second-order valence-corrected chi connectivity index (χ2v) is 4.24. The zero-order valence-electron chi connectivity index (χ0n) is 9.64. The summed E-state index contributed by atoms with van der Waals surface area (Å²) < 4.78 is 18.6. The molecule has 1 aromatic rings. The molecule has 0 heterocycles. The average Bonchev–Trinajstić information content (AvgIpc) is 2.35. The van der Waals surface area contributed by atoms with Crippen LogP contribution in [0, 0.1) is 5.82 Å². The summed E-state index contributed by atoms with van der Waals surface area (Å²) in [5.74, 6) is 0.113. The van der Waals surface area contributed by atoms with Crippen molar-refractivity contribution in [3.05, 3.63) is 40.1 Å². The molecule has 1 atom stereocenters. The maximum absolute atomic E-state index is 13.1. The van der Waals surface area contributed by atoms with Crippen molar-refractivity contribution in [1.29, 1.82) is 0 Å². The summed E-state index contributed by atoms with van der Waals surface area (Å²) in [6, 6.07) is 4.48. The smallest absolute Gasteiger partial charge is 0.127 e. The minimum Gasteiger partial charge on any atom is -0.488 e. The molecule has 0 radical (unpaired) electrons. The van der Waals surface area contributed by atoms with Crippen LogP contribution in [-0.4, -0.2) is 13.7 Å². The summed E-state index contributed by atoms with van der Waals surface area (Å²) in [7, 11) is 1.82. The molecule has 17 heavy (non-hydrogen) atoms. The second kappa shape index (κ2) is 6.84. The number of nitrogens with one attached hydrogen (secondary N) is 1. The number of ether oxygens (including phenoxy) is 1. The van der Waals surface area contributed by atoms with Crippen LogP contribution in [0.1, 0.15) is 18.5 Å². The first-order chi connectivity index (χ1) is 8.08. The van der Waals surface area contributed by atoms with Crippen LogP contribution in [0.5, 0.6) is 5.75 Å². The van der Waals surface area contributed by atoms with Gasteiger partial charge in [0.15, 0.2) is 0 Å². The lowest BCUT2D eigenvalue weighted by Crippen LogP contribution is -2.14. The first-order valence-corrected chi connectivity index (χ1v) is 5.94. The van der Waals surface area contributed by atoms with Gasteiger partial charge in [0.1, 0.15) is 18.2 Å². The fraction of sp³-hybridized carbons (Fsp3) is 0.333. The zero-order valence-corrected chi connectivity index (χ0v) is 11.1. The zero-order chi connectivity index (χ0) is 12.8. The summed E-state index contributed by atoms with van der Waals surface area (Å²) in [5, 5.41) is 3.43. The van der Waals surface area contributed by atoms with E-state index in [0.717, 1.165) is 5.56 Å². The summed E-state index contributed by atoms with van der Waals surface area (Å²) >= 11 is 11.1. The Morgan fingerprint density at radius 1 is 1.59 bits per heavy atom. The molecule has 5 heteroatoms. The highest BCUT2D eigenvalue weighted by Crippen LogP contribution is 2.26. The van der Waals surface area contributed by atoms with Crippen LogP contribution in [0.2, 0.25) is 0 Å². The van der Waals surface area contributed by atoms with Crippen LogP contribution in [0.3, 0.4) is 0 Å². The molecule has 0 saturated carbocycles. The molecule has 0 aromatic heterocycles. The topological polar surface area (TPSA) is 21.3 Å². The molecule has 2 nitrogen and oxygen atoms in total. The predicted molar refractivity (Wildman–Crippen MR) is 69.2 cm³/mol. The molecule has 1 unspecified atom stereocenters. The monoisotopic (exact) mass is 277 g/mol. The standard InChI is InChI=1S/C12H14Cl2FNO/c1-8(16-2)11-4-3-10(15)5-12(11)17-7-9(14)6-13/h3-6,8,16H,7H2,1-2H3. The highest BCUT2D eigenvalue weighted by molar-refractivity contribution is 6.36. The van der Waals surface area contributed by atoms with Crippen LogP contribution in [0.15, 0.2) is 28.8 Å². The largest absolute Gasteiger partial charge is 0.488 e. The number of rotatable bonds is 5. The van der Waals surface area contributed by atoms with E-state index in [4.69, 9.17) is 27.9 Å². The molecule has 0 bridgehead atoms. The van der Waals surface area contributed by atoms with Gasteiger partial charge in [-0.25, -0.2) is 4.39 Å². The van der Waals surface area contributed by atoms with Crippen molar-refractivity contribution in [2.24, 2.45) is 0 Å². The van der Waals surface area contributed by atoms with Crippen LogP contribution < -0.4 is 10.1 Å². The molecular weight excluding hydrogens is 264 g/mol. The summed E-state index contributed by atoms with van der Waals surface area (Å²) in [6.07, 6.45) is 0. The van der Waals surface area contributed by atoms with E-state index < -0.39 is 0 Å². The minimum atomic E-state index is -0.349. The molecule has 0 fully saturated rings. The van der Waals surface area contributed by atoms with E-state index in [1.165, 1.54) is 17.7 Å². The number of halogens is 3. The van der Waals surface area contributed by atoms with Gasteiger partial charge in [0, 0.05) is 23.2 Å². The third kappa shape index (κ3) is 4.19. The Morgan fingerprint density at radius 3 is 2.88 bits per heavy atom. The highest BCUT2D eigenvalue weighted by Gasteiger charge is 2.11. The molecule has 1 aromatic carbocycles. The van der Waals surface area contributed by atoms with Gasteiger partial charge in [-0.3, -0.25) is 0 Å². The van der Waals surface area contributed by atoms with Gasteiger partial charge in [-0.2, -0.15) is 0 Å². The van der Waals surface area contributed by atoms with Crippen molar-refractivity contribution >= 4 is 23.2 Å². The van der Waals surface area contributed by atoms with Gasteiger partial charge in [-0.15, -0.1) is 0 Å². The maximum atomic E-state index is 13.1. The first-order valence-electron chi connectivity index (χ1n) is 5.12. The second-order valence-electron chi connectivity index (χ2n) is 3.54. The lowest BCUT2D eigenvalue weighted by Gasteiger charge is -2.16. The molecular formula is C12H14Cl2FNO. The van der Waals surface area contributed by atoms with Gasteiger partial charge in [0.2, 0.25) is 0 Å². The lowest BCUT2D eigenvalue weighted by molar-refractivity contribution is 0.349. The van der Waals surface area contributed by atoms with Crippen molar-refractivity contribution in [1.82, 2.24) is 5.32 Å². The van der Waals surface area contributed by atoms with E-state index in [1.807, 2.05) is 14.0 Å². The Balaban J connectivity index is 2.91. The fourth-order valence-electron chi connectivity index (χ4n) is 1.32.